The first-order chi connectivity index (χ1) is 14.0. The van der Waals surface area contributed by atoms with Crippen LogP contribution in [0.4, 0.5) is 10.8 Å². The topological polar surface area (TPSA) is 140 Å². The van der Waals surface area contributed by atoms with E-state index in [0.29, 0.717) is 18.0 Å². The smallest absolute Gasteiger partial charge is 0.271 e. The second-order valence-electron chi connectivity index (χ2n) is 7.09. The fourth-order valence-corrected chi connectivity index (χ4v) is 4.54. The fourth-order valence-electron chi connectivity index (χ4n) is 3.17. The number of piperidine rings is 1. The van der Waals surface area contributed by atoms with Crippen molar-refractivity contribution in [3.05, 3.63) is 45.0 Å². The van der Waals surface area contributed by atoms with Crippen LogP contribution < -0.4 is 5.32 Å². The van der Waals surface area contributed by atoms with Crippen LogP contribution in [0.1, 0.15) is 28.9 Å². The molecule has 160 valence electrons. The quantitative estimate of drug-likeness (QED) is 0.542. The van der Waals surface area contributed by atoms with E-state index in [1.165, 1.54) is 16.2 Å². The molecule has 0 unspecified atom stereocenters. The Morgan fingerprint density at radius 2 is 1.93 bits per heavy atom. The largest absolute Gasteiger partial charge is 0.339 e. The van der Waals surface area contributed by atoms with Crippen LogP contribution in [0.15, 0.2) is 28.5 Å². The molecular formula is C18H20N4O6S2. The Bertz CT molecular complexity index is 1100. The summed E-state index contributed by atoms with van der Waals surface area (Å²) < 4.78 is 23.7. The highest BCUT2D eigenvalue weighted by Gasteiger charge is 2.29. The van der Waals surface area contributed by atoms with E-state index in [1.54, 1.807) is 0 Å². The summed E-state index contributed by atoms with van der Waals surface area (Å²) in [7, 11) is -3.73. The molecule has 2 amide bonds. The van der Waals surface area contributed by atoms with Crippen LogP contribution in [-0.2, 0) is 14.6 Å². The Labute approximate surface area is 177 Å². The van der Waals surface area contributed by atoms with Gasteiger partial charge >= 0.3 is 0 Å². The first-order valence-electron chi connectivity index (χ1n) is 9.06. The molecule has 12 heteroatoms. The van der Waals surface area contributed by atoms with Gasteiger partial charge in [-0.05, 0) is 25.8 Å². The molecule has 1 N–H and O–H groups in total. The van der Waals surface area contributed by atoms with E-state index < -0.39 is 26.4 Å². The van der Waals surface area contributed by atoms with Crippen LogP contribution in [0, 0.1) is 23.0 Å². The number of anilines is 1. The number of hydrogen-bond donors (Lipinski definition) is 1. The third kappa shape index (κ3) is 5.00. The van der Waals surface area contributed by atoms with Crippen molar-refractivity contribution in [2.75, 3.05) is 24.7 Å². The van der Waals surface area contributed by atoms with E-state index in [9.17, 15) is 28.1 Å². The number of hydrogen-bond acceptors (Lipinski definition) is 8. The number of thiazole rings is 1. The Morgan fingerprint density at radius 3 is 2.47 bits per heavy atom. The van der Waals surface area contributed by atoms with Crippen LogP contribution >= 0.6 is 11.3 Å². The molecule has 2 aromatic rings. The maximum Gasteiger partial charge on any atom is 0.271 e. The van der Waals surface area contributed by atoms with Crippen molar-refractivity contribution >= 4 is 43.8 Å². The van der Waals surface area contributed by atoms with Gasteiger partial charge in [0, 0.05) is 48.3 Å². The number of likely N-dealkylation sites (tertiary alicyclic amines) is 1. The molecule has 1 fully saturated rings. The SMILES string of the molecule is Cc1csc(NC(=O)C2CCN(C(=O)c3cc([N+](=O)[O-])cc(S(C)(=O)=O)c3)CC2)n1. The molecule has 10 nitrogen and oxygen atoms in total. The highest BCUT2D eigenvalue weighted by molar-refractivity contribution is 7.90. The summed E-state index contributed by atoms with van der Waals surface area (Å²) in [6.07, 6.45) is 1.78. The lowest BCUT2D eigenvalue weighted by Gasteiger charge is -2.31. The Balaban J connectivity index is 1.70. The lowest BCUT2D eigenvalue weighted by Crippen LogP contribution is -2.41. The van der Waals surface area contributed by atoms with Gasteiger partial charge in [-0.3, -0.25) is 19.7 Å². The van der Waals surface area contributed by atoms with E-state index in [1.807, 2.05) is 12.3 Å². The van der Waals surface area contributed by atoms with Crippen molar-refractivity contribution in [1.82, 2.24) is 9.88 Å². The minimum Gasteiger partial charge on any atom is -0.339 e. The van der Waals surface area contributed by atoms with Crippen molar-refractivity contribution in [2.45, 2.75) is 24.7 Å². The molecule has 1 aliphatic rings. The van der Waals surface area contributed by atoms with Crippen molar-refractivity contribution in [3.63, 3.8) is 0 Å². The van der Waals surface area contributed by atoms with Crippen molar-refractivity contribution < 1.29 is 22.9 Å². The number of aromatic nitrogens is 1. The van der Waals surface area contributed by atoms with E-state index >= 15 is 0 Å². The zero-order chi connectivity index (χ0) is 22.1. The number of nitro groups is 1. The average molecular weight is 453 g/mol. The van der Waals surface area contributed by atoms with Gasteiger partial charge in [-0.1, -0.05) is 0 Å². The lowest BCUT2D eigenvalue weighted by molar-refractivity contribution is -0.385. The van der Waals surface area contributed by atoms with E-state index in [2.05, 4.69) is 10.3 Å². The molecule has 30 heavy (non-hydrogen) atoms. The van der Waals surface area contributed by atoms with Crippen LogP contribution in [0.3, 0.4) is 0 Å². The Kier molecular flexibility index (Phi) is 6.17. The summed E-state index contributed by atoms with van der Waals surface area (Å²) in [4.78, 5) is 41.0. The third-order valence-corrected chi connectivity index (χ3v) is 6.75. The summed E-state index contributed by atoms with van der Waals surface area (Å²) >= 11 is 1.34. The molecule has 0 radical (unpaired) electrons. The summed E-state index contributed by atoms with van der Waals surface area (Å²) in [6, 6.07) is 3.15. The van der Waals surface area contributed by atoms with Gasteiger partial charge < -0.3 is 10.2 Å². The molecule has 2 heterocycles. The van der Waals surface area contributed by atoms with Crippen molar-refractivity contribution in [2.24, 2.45) is 5.92 Å². The highest BCUT2D eigenvalue weighted by Crippen LogP contribution is 2.25. The van der Waals surface area contributed by atoms with Crippen LogP contribution in [0.5, 0.6) is 0 Å². The molecule has 1 aromatic carbocycles. The number of carbonyl (C=O) groups is 2. The second kappa shape index (κ2) is 8.48. The predicted molar refractivity (Wildman–Crippen MR) is 110 cm³/mol. The first-order valence-corrected chi connectivity index (χ1v) is 11.8. The Morgan fingerprint density at radius 1 is 1.27 bits per heavy atom. The zero-order valence-electron chi connectivity index (χ0n) is 16.3. The predicted octanol–water partition coefficient (Wildman–Crippen LogP) is 2.25. The summed E-state index contributed by atoms with van der Waals surface area (Å²) in [5.74, 6) is -0.945. The van der Waals surface area contributed by atoms with E-state index in [4.69, 9.17) is 0 Å². The number of sulfone groups is 1. The molecule has 0 spiro atoms. The number of non-ortho nitro benzene ring substituents is 1. The first kappa shape index (κ1) is 21.8. The number of benzene rings is 1. The molecule has 0 saturated carbocycles. The number of nitro benzene ring substituents is 1. The fraction of sp³-hybridized carbons (Fsp3) is 0.389. The lowest BCUT2D eigenvalue weighted by atomic mass is 9.95. The standard InChI is InChI=1S/C18H20N4O6S2/c1-11-10-29-18(19-11)20-16(23)12-3-5-21(6-4-12)17(24)13-7-14(22(25)26)9-15(8-13)30(2,27)28/h7-10,12H,3-6H2,1-2H3,(H,19,20,23). The molecule has 3 rings (SSSR count). The number of amides is 2. The van der Waals surface area contributed by atoms with Gasteiger partial charge in [-0.25, -0.2) is 13.4 Å². The second-order valence-corrected chi connectivity index (χ2v) is 9.97. The molecule has 1 saturated heterocycles. The highest BCUT2D eigenvalue weighted by atomic mass is 32.2. The molecule has 0 atom stereocenters. The van der Waals surface area contributed by atoms with E-state index in [-0.39, 0.29) is 35.4 Å². The summed E-state index contributed by atoms with van der Waals surface area (Å²) in [5.41, 5.74) is 0.293. The monoisotopic (exact) mass is 452 g/mol. The normalized spacial score (nSPS) is 15.1. The third-order valence-electron chi connectivity index (χ3n) is 4.78. The average Bonchev–Trinajstić information content (AvgIpc) is 3.11. The molecule has 1 aromatic heterocycles. The number of nitrogens with zero attached hydrogens (tertiary/aromatic N) is 3. The van der Waals surface area contributed by atoms with Crippen LogP contribution in [0.2, 0.25) is 0 Å². The maximum absolute atomic E-state index is 12.8. The van der Waals surface area contributed by atoms with Crippen LogP contribution in [0.25, 0.3) is 0 Å². The van der Waals surface area contributed by atoms with Gasteiger partial charge in [-0.15, -0.1) is 11.3 Å². The maximum atomic E-state index is 12.8. The zero-order valence-corrected chi connectivity index (χ0v) is 18.0. The number of nitrogens with one attached hydrogen (secondary N) is 1. The molecule has 0 aliphatic carbocycles. The summed E-state index contributed by atoms with van der Waals surface area (Å²) in [6.45, 7) is 2.40. The van der Waals surface area contributed by atoms with Crippen molar-refractivity contribution in [3.8, 4) is 0 Å². The molecule has 1 aliphatic heterocycles. The van der Waals surface area contributed by atoms with E-state index in [0.717, 1.165) is 30.1 Å². The van der Waals surface area contributed by atoms with Gasteiger partial charge in [0.15, 0.2) is 15.0 Å². The molecular weight excluding hydrogens is 432 g/mol. The van der Waals surface area contributed by atoms with Crippen molar-refractivity contribution in [1.29, 1.82) is 0 Å². The minimum atomic E-state index is -3.73. The molecule has 0 bridgehead atoms. The van der Waals surface area contributed by atoms with Crippen LogP contribution in [-0.4, -0.2) is 54.4 Å². The van der Waals surface area contributed by atoms with Gasteiger partial charge in [0.25, 0.3) is 11.6 Å². The number of carbonyl (C=O) groups excluding carboxylic acids is 2. The van der Waals surface area contributed by atoms with Gasteiger partial charge in [-0.2, -0.15) is 0 Å². The summed E-state index contributed by atoms with van der Waals surface area (Å²) in [5, 5.41) is 16.3. The van der Waals surface area contributed by atoms with Gasteiger partial charge in [0.2, 0.25) is 5.91 Å². The van der Waals surface area contributed by atoms with Gasteiger partial charge in [0.1, 0.15) is 0 Å². The minimum absolute atomic E-state index is 0.0641. The Hall–Kier alpha value is -2.86. The number of rotatable bonds is 5. The number of aryl methyl sites for hydroxylation is 1. The van der Waals surface area contributed by atoms with Gasteiger partial charge in [0.05, 0.1) is 15.5 Å².